The minimum atomic E-state index is -1.98. The average Bonchev–Trinajstić information content (AvgIpc) is 2.78. The summed E-state index contributed by atoms with van der Waals surface area (Å²) in [6.45, 7) is 5.29. The van der Waals surface area contributed by atoms with Crippen molar-refractivity contribution in [2.75, 3.05) is 0 Å². The molecule has 0 fully saturated rings. The van der Waals surface area contributed by atoms with E-state index >= 15 is 0 Å². The molecular weight excluding hydrogens is 389 g/mol. The predicted molar refractivity (Wildman–Crippen MR) is 124 cm³/mol. The summed E-state index contributed by atoms with van der Waals surface area (Å²) in [6.07, 6.45) is 6.04. The molecule has 1 aromatic heterocycles. The molecule has 2 aromatic carbocycles. The average molecular weight is 420 g/mol. The van der Waals surface area contributed by atoms with E-state index in [1.165, 1.54) is 18.9 Å². The molecule has 0 aliphatic carbocycles. The number of aromatic nitrogens is 1. The highest BCUT2D eigenvalue weighted by molar-refractivity contribution is 5.83. The lowest BCUT2D eigenvalue weighted by atomic mass is 9.97. The molecule has 0 saturated carbocycles. The van der Waals surface area contributed by atoms with Gasteiger partial charge in [-0.2, -0.15) is 0 Å². The number of ether oxygens (including phenoxy) is 1. The quantitative estimate of drug-likeness (QED) is 0.272. The van der Waals surface area contributed by atoms with Crippen LogP contribution in [-0.4, -0.2) is 16.6 Å². The van der Waals surface area contributed by atoms with Gasteiger partial charge >= 0.3 is 5.97 Å². The molecule has 1 heterocycles. The Hall–Kier alpha value is -3.01. The Morgan fingerprint density at radius 1 is 0.968 bits per heavy atom. The van der Waals surface area contributed by atoms with Crippen LogP contribution in [0.25, 0.3) is 22.4 Å². The van der Waals surface area contributed by atoms with Crippen molar-refractivity contribution in [2.24, 2.45) is 0 Å². The second-order valence-corrected chi connectivity index (χ2v) is 8.06. The molecule has 0 saturated heterocycles. The van der Waals surface area contributed by atoms with Crippen LogP contribution in [0.4, 0.5) is 4.39 Å². The Morgan fingerprint density at radius 3 is 2.29 bits per heavy atom. The van der Waals surface area contributed by atoms with Crippen molar-refractivity contribution >= 4 is 5.97 Å². The van der Waals surface area contributed by atoms with E-state index in [9.17, 15) is 9.18 Å². The zero-order chi connectivity index (χ0) is 22.3. The van der Waals surface area contributed by atoms with Gasteiger partial charge in [-0.05, 0) is 61.1 Å². The number of esters is 1. The van der Waals surface area contributed by atoms with Gasteiger partial charge in [-0.15, -0.1) is 0 Å². The second-order valence-electron chi connectivity index (χ2n) is 8.06. The number of halogens is 1. The third kappa shape index (κ3) is 5.78. The number of unbranched alkanes of at least 4 members (excludes halogenated alkanes) is 1. The van der Waals surface area contributed by atoms with E-state index in [1.807, 2.05) is 43.5 Å². The van der Waals surface area contributed by atoms with Gasteiger partial charge in [0.1, 0.15) is 5.75 Å². The molecule has 0 bridgehead atoms. The fourth-order valence-electron chi connectivity index (χ4n) is 3.56. The Labute approximate surface area is 184 Å². The van der Waals surface area contributed by atoms with Gasteiger partial charge in [0, 0.05) is 11.8 Å². The van der Waals surface area contributed by atoms with Crippen molar-refractivity contribution in [1.82, 2.24) is 4.98 Å². The number of carbonyl (C=O) groups excluding carboxylic acids is 1. The summed E-state index contributed by atoms with van der Waals surface area (Å²) in [5, 5.41) is 0. The molecular formula is C27H30FNO2. The third-order valence-electron chi connectivity index (χ3n) is 5.37. The van der Waals surface area contributed by atoms with E-state index in [-0.39, 0.29) is 6.42 Å². The van der Waals surface area contributed by atoms with Gasteiger partial charge < -0.3 is 4.74 Å². The third-order valence-corrected chi connectivity index (χ3v) is 5.37. The van der Waals surface area contributed by atoms with Crippen molar-refractivity contribution in [3.63, 3.8) is 0 Å². The summed E-state index contributed by atoms with van der Waals surface area (Å²) in [5.74, 6) is -0.514. The van der Waals surface area contributed by atoms with Gasteiger partial charge in [0.25, 0.3) is 0 Å². The summed E-state index contributed by atoms with van der Waals surface area (Å²) in [6, 6.07) is 19.5. The number of nitrogens with zero attached hydrogens (tertiary/aromatic N) is 1. The van der Waals surface area contributed by atoms with Crippen molar-refractivity contribution in [1.29, 1.82) is 0 Å². The maximum absolute atomic E-state index is 14.4. The van der Waals surface area contributed by atoms with Crippen LogP contribution < -0.4 is 4.74 Å². The topological polar surface area (TPSA) is 39.2 Å². The number of hydrogen-bond donors (Lipinski definition) is 0. The van der Waals surface area contributed by atoms with Crippen molar-refractivity contribution in [3.05, 3.63) is 72.4 Å². The van der Waals surface area contributed by atoms with Crippen LogP contribution in [-0.2, 0) is 11.2 Å². The lowest BCUT2D eigenvalue weighted by molar-refractivity contribution is -0.147. The Morgan fingerprint density at radius 2 is 1.68 bits per heavy atom. The lowest BCUT2D eigenvalue weighted by Crippen LogP contribution is -2.34. The molecule has 0 radical (unpaired) electrons. The van der Waals surface area contributed by atoms with E-state index in [0.29, 0.717) is 12.2 Å². The van der Waals surface area contributed by atoms with E-state index < -0.39 is 11.6 Å². The molecule has 1 unspecified atom stereocenters. The summed E-state index contributed by atoms with van der Waals surface area (Å²) < 4.78 is 19.6. The maximum atomic E-state index is 14.4. The molecule has 0 amide bonds. The number of rotatable bonds is 9. The van der Waals surface area contributed by atoms with Gasteiger partial charge in [-0.25, -0.2) is 9.18 Å². The molecule has 31 heavy (non-hydrogen) atoms. The second kappa shape index (κ2) is 10.3. The molecule has 3 rings (SSSR count). The van der Waals surface area contributed by atoms with Gasteiger partial charge in [-0.1, -0.05) is 69.2 Å². The van der Waals surface area contributed by atoms with Crippen LogP contribution in [0.3, 0.4) is 0 Å². The van der Waals surface area contributed by atoms with Crippen LogP contribution in [0.5, 0.6) is 5.75 Å². The van der Waals surface area contributed by atoms with Crippen LogP contribution in [0.2, 0.25) is 0 Å². The van der Waals surface area contributed by atoms with Crippen LogP contribution >= 0.6 is 0 Å². The summed E-state index contributed by atoms with van der Waals surface area (Å²) >= 11 is 0. The first-order valence-corrected chi connectivity index (χ1v) is 11.0. The lowest BCUT2D eigenvalue weighted by Gasteiger charge is -2.17. The highest BCUT2D eigenvalue weighted by Gasteiger charge is 2.34. The molecule has 3 aromatic rings. The van der Waals surface area contributed by atoms with Gasteiger partial charge in [-0.3, -0.25) is 4.98 Å². The smallest absolute Gasteiger partial charge is 0.348 e. The number of carbonyl (C=O) groups is 1. The fourth-order valence-corrected chi connectivity index (χ4v) is 3.56. The van der Waals surface area contributed by atoms with Crippen LogP contribution in [0.15, 0.2) is 66.9 Å². The summed E-state index contributed by atoms with van der Waals surface area (Å²) in [4.78, 5) is 16.8. The van der Waals surface area contributed by atoms with Crippen LogP contribution in [0, 0.1) is 0 Å². The predicted octanol–water partition coefficient (Wildman–Crippen LogP) is 7.19. The summed E-state index contributed by atoms with van der Waals surface area (Å²) in [7, 11) is 0. The monoisotopic (exact) mass is 419 g/mol. The highest BCUT2D eigenvalue weighted by Crippen LogP contribution is 2.32. The van der Waals surface area contributed by atoms with Gasteiger partial charge in [0.05, 0.1) is 5.69 Å². The number of alkyl halides is 1. The molecule has 3 nitrogen and oxygen atoms in total. The molecule has 162 valence electrons. The molecule has 0 aliphatic rings. The molecule has 0 spiro atoms. The minimum Gasteiger partial charge on any atom is -0.424 e. The number of aryl methyl sites for hydroxylation is 1. The standard InChI is InChI=1S/C27H30FNO2/c1-4-6-9-20-12-17-25(29-19-20)24-11-8-7-10-23(24)21-13-15-22(16-14-21)31-26(30)27(3,28)18-5-2/h7-8,10-17,19H,4-6,9,18H2,1-3H3. The number of pyridine rings is 1. The van der Waals surface area contributed by atoms with E-state index in [2.05, 4.69) is 30.1 Å². The Balaban J connectivity index is 1.80. The van der Waals surface area contributed by atoms with Crippen molar-refractivity contribution < 1.29 is 13.9 Å². The van der Waals surface area contributed by atoms with E-state index in [4.69, 9.17) is 4.74 Å². The Kier molecular flexibility index (Phi) is 7.56. The molecule has 1 atom stereocenters. The fraction of sp³-hybridized carbons (Fsp3) is 0.333. The zero-order valence-electron chi connectivity index (χ0n) is 18.5. The maximum Gasteiger partial charge on any atom is 0.348 e. The highest BCUT2D eigenvalue weighted by atomic mass is 19.1. The zero-order valence-corrected chi connectivity index (χ0v) is 18.5. The number of hydrogen-bond acceptors (Lipinski definition) is 3. The molecule has 0 N–H and O–H groups in total. The minimum absolute atomic E-state index is 0.140. The Bertz CT molecular complexity index is 995. The van der Waals surface area contributed by atoms with Gasteiger partial charge in [0.2, 0.25) is 5.67 Å². The first-order valence-electron chi connectivity index (χ1n) is 11.0. The summed E-state index contributed by atoms with van der Waals surface area (Å²) in [5.41, 5.74) is 3.24. The normalized spacial score (nSPS) is 12.9. The van der Waals surface area contributed by atoms with Crippen molar-refractivity contribution in [3.8, 4) is 28.1 Å². The first kappa shape index (κ1) is 22.7. The molecule has 0 aliphatic heterocycles. The number of benzene rings is 2. The van der Waals surface area contributed by atoms with Crippen molar-refractivity contribution in [2.45, 2.75) is 58.5 Å². The van der Waals surface area contributed by atoms with E-state index in [0.717, 1.165) is 35.2 Å². The van der Waals surface area contributed by atoms with E-state index in [1.54, 1.807) is 12.1 Å². The molecule has 4 heteroatoms. The van der Waals surface area contributed by atoms with Crippen LogP contribution in [0.1, 0.15) is 52.0 Å². The largest absolute Gasteiger partial charge is 0.424 e. The van der Waals surface area contributed by atoms with Gasteiger partial charge in [0.15, 0.2) is 0 Å². The first-order chi connectivity index (χ1) is 14.9. The SMILES string of the molecule is CCCCc1ccc(-c2ccccc2-c2ccc(OC(=O)C(C)(F)CCC)cc2)nc1.